The Bertz CT molecular complexity index is 113. The Balaban J connectivity index is 0.000000360. The molecule has 0 saturated carbocycles. The normalized spacial score (nSPS) is 7.43. The minimum Gasteiger partial charge on any atom is -0.405 e. The first-order valence-corrected chi connectivity index (χ1v) is 2.40. The lowest BCUT2D eigenvalue weighted by atomic mass is 11.6. The summed E-state index contributed by atoms with van der Waals surface area (Å²) in [5.41, 5.74) is 0. The maximum Gasteiger partial charge on any atom is 0.0151 e. The van der Waals surface area contributed by atoms with E-state index in [2.05, 4.69) is 27.4 Å². The Labute approximate surface area is 50.1 Å². The summed E-state index contributed by atoms with van der Waals surface area (Å²) in [6, 6.07) is 0. The minimum absolute atomic E-state index is 0. The van der Waals surface area contributed by atoms with Crippen molar-refractivity contribution in [3.63, 3.8) is 0 Å². The summed E-state index contributed by atoms with van der Waals surface area (Å²) in [5, 5.41) is 6.62. The number of aromatic nitrogens is 3. The third kappa shape index (κ3) is 1.72. The van der Waals surface area contributed by atoms with Crippen LogP contribution in [0.3, 0.4) is 0 Å². The van der Waals surface area contributed by atoms with Gasteiger partial charge in [0.15, 0.2) is 0 Å². The van der Waals surface area contributed by atoms with E-state index in [0.29, 0.717) is 4.34 Å². The summed E-state index contributed by atoms with van der Waals surface area (Å²) in [4.78, 5) is 0. The van der Waals surface area contributed by atoms with E-state index in [-0.39, 0.29) is 6.15 Å². The van der Waals surface area contributed by atoms with E-state index in [1.807, 2.05) is 0 Å². The van der Waals surface area contributed by atoms with Crippen LogP contribution in [-0.2, 0) is 12.6 Å². The van der Waals surface area contributed by atoms with Crippen LogP contribution in [-0.4, -0.2) is 14.8 Å². The molecule has 4 N–H and O–H groups in total. The smallest absolute Gasteiger partial charge is 0.0151 e. The summed E-state index contributed by atoms with van der Waals surface area (Å²) in [6.07, 6.45) is 0. The van der Waals surface area contributed by atoms with Crippen molar-refractivity contribution in [3.8, 4) is 0 Å². The second-order valence-electron chi connectivity index (χ2n) is 0.628. The highest BCUT2D eigenvalue weighted by molar-refractivity contribution is 7.62. The first-order valence-electron chi connectivity index (χ1n) is 1.21. The third-order valence-electron chi connectivity index (χ3n) is 0.282. The Morgan fingerprint density at radius 2 is 2.29 bits per heavy atom. The summed E-state index contributed by atoms with van der Waals surface area (Å²) < 4.78 is 3.89. The van der Waals surface area contributed by atoms with Crippen LogP contribution in [0.15, 0.2) is 4.34 Å². The van der Waals surface area contributed by atoms with E-state index < -0.39 is 0 Å². The molecule has 0 saturated heterocycles. The zero-order valence-corrected chi connectivity index (χ0v) is 5.29. The van der Waals surface area contributed by atoms with Gasteiger partial charge in [0.2, 0.25) is 0 Å². The van der Waals surface area contributed by atoms with Crippen molar-refractivity contribution in [2.75, 3.05) is 0 Å². The van der Waals surface area contributed by atoms with Crippen LogP contribution in [0.5, 0.6) is 0 Å². The molecule has 0 atom stereocenters. The highest BCUT2D eigenvalue weighted by atomic mass is 32.2. The monoisotopic (exact) mass is 136 g/mol. The van der Waals surface area contributed by atoms with Crippen LogP contribution < -0.4 is 6.15 Å². The molecule has 0 fully saturated rings. The zero-order valence-electron chi connectivity index (χ0n) is 3.66. The van der Waals surface area contributed by atoms with Gasteiger partial charge in [-0.1, -0.05) is 5.21 Å². The second kappa shape index (κ2) is 2.78. The first kappa shape index (κ1) is 6.67. The van der Waals surface area contributed by atoms with E-state index in [1.165, 1.54) is 0 Å². The minimum atomic E-state index is 0. The zero-order chi connectivity index (χ0) is 4.41. The molecule has 1 aromatic rings. The van der Waals surface area contributed by atoms with E-state index in [9.17, 15) is 0 Å². The largest absolute Gasteiger partial charge is 0.405 e. The molecule has 6 heteroatoms. The number of rotatable bonds is 0. The molecule has 7 heavy (non-hydrogen) atoms. The topological polar surface area (TPSA) is 75.2 Å². The second-order valence-corrected chi connectivity index (χ2v) is 2.01. The number of quaternary nitrogens is 1. The van der Waals surface area contributed by atoms with Crippen LogP contribution in [0.4, 0.5) is 0 Å². The Kier molecular flexibility index (Phi) is 2.65. The number of nitrogens with zero attached hydrogens (tertiary/aromatic N) is 3. The number of hydrogen-bond donors (Lipinski definition) is 1. The fraction of sp³-hybridized carbons (Fsp3) is 0. The van der Waals surface area contributed by atoms with Crippen molar-refractivity contribution in [2.45, 2.75) is 4.34 Å². The van der Waals surface area contributed by atoms with Gasteiger partial charge < -0.3 is 18.8 Å². The third-order valence-corrected chi connectivity index (χ3v) is 0.980. The van der Waals surface area contributed by atoms with Crippen molar-refractivity contribution < 1.29 is 0 Å². The van der Waals surface area contributed by atoms with E-state index in [0.717, 1.165) is 11.5 Å². The molecule has 1 aromatic heterocycles. The van der Waals surface area contributed by atoms with Crippen LogP contribution in [0.2, 0.25) is 0 Å². The molecule has 0 bridgehead atoms. The van der Waals surface area contributed by atoms with Gasteiger partial charge in [0.1, 0.15) is 0 Å². The van der Waals surface area contributed by atoms with Gasteiger partial charge in [-0.2, -0.15) is 9.59 Å². The highest BCUT2D eigenvalue weighted by Gasteiger charge is 1.66. The predicted molar refractivity (Wildman–Crippen MR) is 29.3 cm³/mol. The summed E-state index contributed by atoms with van der Waals surface area (Å²) in [7, 11) is 0. The average molecular weight is 136 g/mol. The Morgan fingerprint density at radius 1 is 1.57 bits per heavy atom. The molecular formula is CH4N4S2. The molecule has 0 aliphatic carbocycles. The van der Waals surface area contributed by atoms with E-state index in [1.54, 1.807) is 0 Å². The lowest BCUT2D eigenvalue weighted by Gasteiger charge is -1.76. The molecule has 0 unspecified atom stereocenters. The average Bonchev–Trinajstić information content (AvgIpc) is 1.86. The van der Waals surface area contributed by atoms with Crippen LogP contribution in [0, 0.1) is 0 Å². The highest BCUT2D eigenvalue weighted by Crippen LogP contribution is 1.90. The van der Waals surface area contributed by atoms with Gasteiger partial charge in [0.25, 0.3) is 0 Å². The summed E-state index contributed by atoms with van der Waals surface area (Å²) in [5.74, 6) is 0. The van der Waals surface area contributed by atoms with E-state index in [4.69, 9.17) is 0 Å². The lowest BCUT2D eigenvalue weighted by molar-refractivity contribution is 0.916. The molecule has 1 heterocycles. The first-order chi connectivity index (χ1) is 2.89. The summed E-state index contributed by atoms with van der Waals surface area (Å²) >= 11 is 5.65. The standard InChI is InChI=1S/CHN3S2.H3N/c5-1-2-3-4-6-1;/h(H,2,4,5);1H3. The van der Waals surface area contributed by atoms with Gasteiger partial charge >= 0.3 is 0 Å². The summed E-state index contributed by atoms with van der Waals surface area (Å²) in [6.45, 7) is 0. The van der Waals surface area contributed by atoms with Crippen molar-refractivity contribution >= 4 is 24.2 Å². The van der Waals surface area contributed by atoms with Crippen LogP contribution in [0.1, 0.15) is 0 Å². The molecule has 0 aliphatic heterocycles. The maximum atomic E-state index is 4.53. The maximum absolute atomic E-state index is 4.53. The van der Waals surface area contributed by atoms with Crippen LogP contribution in [0.25, 0.3) is 0 Å². The lowest BCUT2D eigenvalue weighted by Crippen LogP contribution is -1.66. The van der Waals surface area contributed by atoms with Gasteiger partial charge in [-0.05, 0) is 0 Å². The quantitative estimate of drug-likeness (QED) is 0.517. The van der Waals surface area contributed by atoms with Gasteiger partial charge in [-0.25, -0.2) is 11.5 Å². The van der Waals surface area contributed by atoms with Crippen molar-refractivity contribution in [1.29, 1.82) is 0 Å². The molecule has 0 aromatic carbocycles. The van der Waals surface area contributed by atoms with Gasteiger partial charge in [0, 0.05) is 4.34 Å². The van der Waals surface area contributed by atoms with Gasteiger partial charge in [0.05, 0.1) is 0 Å². The molecule has 0 radical (unpaired) electrons. The number of hydrogen-bond acceptors (Lipinski definition) is 5. The molecule has 1 rings (SSSR count). The molecule has 40 valence electrons. The van der Waals surface area contributed by atoms with Crippen LogP contribution >= 0.6 is 11.5 Å². The van der Waals surface area contributed by atoms with Crippen molar-refractivity contribution in [2.24, 2.45) is 0 Å². The fourth-order valence-electron chi connectivity index (χ4n) is 0.126. The van der Waals surface area contributed by atoms with Crippen molar-refractivity contribution in [3.05, 3.63) is 0 Å². The predicted octanol–water partition coefficient (Wildman–Crippen LogP) is 0.215. The van der Waals surface area contributed by atoms with Gasteiger partial charge in [-0.15, -0.1) is 0 Å². The molecular weight excluding hydrogens is 132 g/mol. The molecule has 0 amide bonds. The molecule has 0 spiro atoms. The van der Waals surface area contributed by atoms with Crippen molar-refractivity contribution in [1.82, 2.24) is 21.0 Å². The molecule has 4 nitrogen and oxygen atoms in total. The van der Waals surface area contributed by atoms with Gasteiger partial charge in [-0.3, -0.25) is 0 Å². The molecule has 0 aliphatic rings. The fourth-order valence-corrected chi connectivity index (χ4v) is 0.479. The Hall–Kier alpha value is -0.330. The Morgan fingerprint density at radius 3 is 2.43 bits per heavy atom. The SMILES string of the molecule is [NH4+].[S-]c1nnns1. The van der Waals surface area contributed by atoms with E-state index >= 15 is 0 Å².